The lowest BCUT2D eigenvalue weighted by atomic mass is 10.1. The number of nitrogens with one attached hydrogen (secondary N) is 1. The summed E-state index contributed by atoms with van der Waals surface area (Å²) < 4.78 is 34.5. The molecule has 0 atom stereocenters. The fourth-order valence-electron chi connectivity index (χ4n) is 3.45. The minimum Gasteiger partial charge on any atom is -0.381 e. The molecule has 10 nitrogen and oxygen atoms in total. The Morgan fingerprint density at radius 2 is 2.13 bits per heavy atom. The van der Waals surface area contributed by atoms with E-state index >= 15 is 0 Å². The van der Waals surface area contributed by atoms with Crippen LogP contribution >= 0.6 is 10.6 Å². The Balaban J connectivity index is 1.65. The average molecular weight is 435 g/mol. The van der Waals surface area contributed by atoms with Gasteiger partial charge >= 0.3 is 0 Å². The predicted molar refractivity (Wildman–Crippen MR) is 114 cm³/mol. The number of aromatic nitrogens is 4. The normalized spacial score (nSPS) is 18.9. The van der Waals surface area contributed by atoms with Gasteiger partial charge in [0.05, 0.1) is 40.5 Å². The highest BCUT2D eigenvalue weighted by molar-refractivity contribution is 8.25. The number of carbonyl (C=O) groups excluding carboxylic acids is 1. The molecular weight excluding hydrogens is 413 g/mol. The van der Waals surface area contributed by atoms with Gasteiger partial charge in [0.1, 0.15) is 5.56 Å². The molecule has 0 unspecified atom stereocenters. The van der Waals surface area contributed by atoms with Gasteiger partial charge in [0, 0.05) is 19.3 Å². The maximum atomic E-state index is 13.4. The van der Waals surface area contributed by atoms with Gasteiger partial charge in [-0.25, -0.2) is 13.9 Å². The molecule has 0 aliphatic carbocycles. The van der Waals surface area contributed by atoms with Crippen molar-refractivity contribution < 1.29 is 18.3 Å². The summed E-state index contributed by atoms with van der Waals surface area (Å²) >= 11 is 0. The number of nitrogens with zero attached hydrogens (tertiary/aromatic N) is 5. The monoisotopic (exact) mass is 435 g/mol. The molecule has 0 bridgehead atoms. The van der Waals surface area contributed by atoms with Crippen LogP contribution in [0.2, 0.25) is 0 Å². The molecule has 0 aromatic carbocycles. The zero-order chi connectivity index (χ0) is 21.7. The molecule has 30 heavy (non-hydrogen) atoms. The molecule has 4 rings (SSSR count). The number of fused-ring (bicyclic) bond motifs is 1. The molecule has 3 aromatic heterocycles. The van der Waals surface area contributed by atoms with Crippen molar-refractivity contribution in [1.29, 1.82) is 0 Å². The summed E-state index contributed by atoms with van der Waals surface area (Å²) in [6.07, 6.45) is 5.16. The van der Waals surface area contributed by atoms with Crippen LogP contribution in [0.1, 0.15) is 24.2 Å². The Morgan fingerprint density at radius 1 is 1.37 bits per heavy atom. The van der Waals surface area contributed by atoms with Crippen LogP contribution in [0.15, 0.2) is 30.9 Å². The molecule has 1 aliphatic rings. The van der Waals surface area contributed by atoms with Crippen molar-refractivity contribution in [3.63, 3.8) is 0 Å². The van der Waals surface area contributed by atoms with Gasteiger partial charge in [0.15, 0.2) is 17.3 Å². The quantitative estimate of drug-likeness (QED) is 0.491. The van der Waals surface area contributed by atoms with E-state index in [1.54, 1.807) is 26.1 Å². The van der Waals surface area contributed by atoms with Crippen molar-refractivity contribution in [2.45, 2.75) is 18.6 Å². The van der Waals surface area contributed by atoms with Gasteiger partial charge in [0.2, 0.25) is 0 Å². The van der Waals surface area contributed by atoms with E-state index in [9.17, 15) is 18.3 Å². The molecule has 5 N–H and O–H groups in total. The lowest BCUT2D eigenvalue weighted by Crippen LogP contribution is -2.50. The van der Waals surface area contributed by atoms with E-state index in [1.807, 2.05) is 4.90 Å². The standard InChI is InChI=1S/C18H22FN7O3S/c1-18(2)10-25(5-6-30(18,28)29)13-3-4-21-8-12(13)23-17(27)14-15(20)24-26-9-11(19)7-22-16(14)26/h3-4,7-9,28-29H,5-6,10H2,1-2H3,(H2,20,24)(H,23,27). The van der Waals surface area contributed by atoms with Gasteiger partial charge in [0.25, 0.3) is 5.91 Å². The van der Waals surface area contributed by atoms with Crippen LogP contribution in [0.4, 0.5) is 21.6 Å². The third kappa shape index (κ3) is 3.42. The van der Waals surface area contributed by atoms with Gasteiger partial charge in [-0.2, -0.15) is 10.6 Å². The summed E-state index contributed by atoms with van der Waals surface area (Å²) in [5.41, 5.74) is 7.14. The van der Waals surface area contributed by atoms with E-state index in [-0.39, 0.29) is 22.8 Å². The molecule has 4 heterocycles. The Bertz CT molecular complexity index is 1130. The summed E-state index contributed by atoms with van der Waals surface area (Å²) in [5.74, 6) is -1.02. The van der Waals surface area contributed by atoms with Crippen molar-refractivity contribution in [3.05, 3.63) is 42.2 Å². The number of carbonyl (C=O) groups is 1. The molecule has 1 fully saturated rings. The molecular formula is C18H22FN7O3S. The topological polar surface area (TPSA) is 142 Å². The second-order valence-corrected chi connectivity index (χ2v) is 10.5. The van der Waals surface area contributed by atoms with Crippen LogP contribution in [0.25, 0.3) is 5.65 Å². The van der Waals surface area contributed by atoms with Gasteiger partial charge < -0.3 is 16.0 Å². The first-order valence-corrected chi connectivity index (χ1v) is 10.9. The Morgan fingerprint density at radius 3 is 2.87 bits per heavy atom. The second kappa shape index (κ2) is 7.07. The Kier molecular flexibility index (Phi) is 4.79. The molecule has 12 heteroatoms. The first-order chi connectivity index (χ1) is 14.1. The highest BCUT2D eigenvalue weighted by Gasteiger charge is 2.40. The van der Waals surface area contributed by atoms with Crippen LogP contribution in [0.3, 0.4) is 0 Å². The SMILES string of the molecule is CC1(C)CN(c2ccncc2NC(=O)c2c(N)nn3cc(F)cnc23)CCS1(O)O. The first-order valence-electron chi connectivity index (χ1n) is 9.14. The molecule has 3 aromatic rings. The summed E-state index contributed by atoms with van der Waals surface area (Å²) in [6, 6.07) is 1.75. The number of hydrogen-bond donors (Lipinski definition) is 4. The van der Waals surface area contributed by atoms with Crippen LogP contribution in [-0.4, -0.2) is 58.2 Å². The predicted octanol–water partition coefficient (Wildman–Crippen LogP) is 2.45. The first kappa shape index (κ1) is 20.3. The molecule has 0 spiro atoms. The minimum atomic E-state index is -2.72. The minimum absolute atomic E-state index is 0.0259. The molecule has 1 aliphatic heterocycles. The zero-order valence-electron chi connectivity index (χ0n) is 16.4. The maximum Gasteiger partial charge on any atom is 0.263 e. The Labute approximate surface area is 173 Å². The molecule has 0 saturated carbocycles. The smallest absolute Gasteiger partial charge is 0.263 e. The van der Waals surface area contributed by atoms with Gasteiger partial charge in [-0.3, -0.25) is 18.9 Å². The van der Waals surface area contributed by atoms with E-state index < -0.39 is 27.1 Å². The van der Waals surface area contributed by atoms with Crippen molar-refractivity contribution in [1.82, 2.24) is 19.6 Å². The lowest BCUT2D eigenvalue weighted by molar-refractivity contribution is 0.102. The third-order valence-electron chi connectivity index (χ3n) is 5.18. The van der Waals surface area contributed by atoms with Crippen LogP contribution in [-0.2, 0) is 0 Å². The second-order valence-electron chi connectivity index (χ2n) is 7.70. The highest BCUT2D eigenvalue weighted by atomic mass is 32.3. The number of nitrogen functional groups attached to an aromatic ring is 1. The van der Waals surface area contributed by atoms with Crippen molar-refractivity contribution >= 4 is 39.3 Å². The van der Waals surface area contributed by atoms with Crippen LogP contribution in [0, 0.1) is 5.82 Å². The highest BCUT2D eigenvalue weighted by Crippen LogP contribution is 2.55. The van der Waals surface area contributed by atoms with E-state index in [4.69, 9.17) is 5.73 Å². The molecule has 1 saturated heterocycles. The maximum absolute atomic E-state index is 13.4. The molecule has 0 radical (unpaired) electrons. The number of nitrogens with two attached hydrogens (primary N) is 1. The summed E-state index contributed by atoms with van der Waals surface area (Å²) in [7, 11) is -2.72. The lowest BCUT2D eigenvalue weighted by Gasteiger charge is -2.53. The molecule has 1 amide bonds. The fourth-order valence-corrected chi connectivity index (χ4v) is 4.84. The largest absolute Gasteiger partial charge is 0.381 e. The Hall–Kier alpha value is -2.96. The van der Waals surface area contributed by atoms with Crippen LogP contribution in [0.5, 0.6) is 0 Å². The van der Waals surface area contributed by atoms with Crippen molar-refractivity contribution in [2.24, 2.45) is 0 Å². The number of halogens is 1. The van der Waals surface area contributed by atoms with Gasteiger partial charge in [-0.15, -0.1) is 5.10 Å². The number of rotatable bonds is 3. The number of hydrogen-bond acceptors (Lipinski definition) is 8. The van der Waals surface area contributed by atoms with Crippen LogP contribution < -0.4 is 16.0 Å². The average Bonchev–Trinajstić information content (AvgIpc) is 2.99. The van der Waals surface area contributed by atoms with Gasteiger partial charge in [-0.05, 0) is 19.9 Å². The summed E-state index contributed by atoms with van der Waals surface area (Å²) in [5, 5.41) is 6.71. The van der Waals surface area contributed by atoms with E-state index in [0.717, 1.165) is 16.9 Å². The number of pyridine rings is 1. The van der Waals surface area contributed by atoms with E-state index in [0.29, 0.717) is 24.5 Å². The summed E-state index contributed by atoms with van der Waals surface area (Å²) in [6.45, 7) is 4.41. The number of anilines is 3. The van der Waals surface area contributed by atoms with Crippen molar-refractivity contribution in [3.8, 4) is 0 Å². The third-order valence-corrected chi connectivity index (χ3v) is 7.84. The van der Waals surface area contributed by atoms with E-state index in [1.165, 1.54) is 6.20 Å². The zero-order valence-corrected chi connectivity index (χ0v) is 17.2. The van der Waals surface area contributed by atoms with Gasteiger partial charge in [-0.1, -0.05) is 0 Å². The summed E-state index contributed by atoms with van der Waals surface area (Å²) in [4.78, 5) is 22.9. The fraction of sp³-hybridized carbons (Fsp3) is 0.333. The number of amides is 1. The van der Waals surface area contributed by atoms with Crippen molar-refractivity contribution in [2.75, 3.05) is 34.8 Å². The molecule has 160 valence electrons. The van der Waals surface area contributed by atoms with E-state index in [2.05, 4.69) is 20.4 Å².